The van der Waals surface area contributed by atoms with Gasteiger partial charge in [-0.15, -0.1) is 24.5 Å². The molecule has 31 heavy (non-hydrogen) atoms. The Morgan fingerprint density at radius 2 is 1.87 bits per heavy atom. The van der Waals surface area contributed by atoms with Gasteiger partial charge in [-0.05, 0) is 35.7 Å². The fourth-order valence-electron chi connectivity index (χ4n) is 3.05. The van der Waals surface area contributed by atoms with Crippen molar-refractivity contribution >= 4 is 34.4 Å². The molecule has 1 aliphatic rings. The zero-order valence-electron chi connectivity index (χ0n) is 15.7. The Kier molecular flexibility index (Phi) is 5.47. The molecule has 1 N–H and O–H groups in total. The van der Waals surface area contributed by atoms with E-state index in [0.717, 1.165) is 17.0 Å². The number of halogens is 3. The van der Waals surface area contributed by atoms with Crippen LogP contribution in [-0.2, 0) is 16.1 Å². The van der Waals surface area contributed by atoms with Crippen molar-refractivity contribution in [1.82, 2.24) is 9.88 Å². The molecule has 0 radical (unpaired) electrons. The lowest BCUT2D eigenvalue weighted by Gasteiger charge is -2.15. The molecule has 4 rings (SSSR count). The van der Waals surface area contributed by atoms with Gasteiger partial charge in [0, 0.05) is 22.8 Å². The maximum atomic E-state index is 13.1. The first kappa shape index (κ1) is 20.6. The van der Waals surface area contributed by atoms with Gasteiger partial charge in [0.25, 0.3) is 11.8 Å². The Labute approximate surface area is 178 Å². The maximum absolute atomic E-state index is 13.1. The van der Waals surface area contributed by atoms with E-state index in [1.54, 1.807) is 41.9 Å². The van der Waals surface area contributed by atoms with Crippen LogP contribution < -0.4 is 10.1 Å². The average Bonchev–Trinajstić information content (AvgIpc) is 3.31. The van der Waals surface area contributed by atoms with Gasteiger partial charge in [0.15, 0.2) is 0 Å². The summed E-state index contributed by atoms with van der Waals surface area (Å²) in [6.45, 7) is -0.0320. The summed E-state index contributed by atoms with van der Waals surface area (Å²) in [7, 11) is 0. The van der Waals surface area contributed by atoms with Crippen molar-refractivity contribution < 1.29 is 27.5 Å². The van der Waals surface area contributed by atoms with Gasteiger partial charge in [0.1, 0.15) is 11.4 Å². The van der Waals surface area contributed by atoms with Crippen LogP contribution in [0.25, 0.3) is 5.57 Å². The van der Waals surface area contributed by atoms with E-state index in [0.29, 0.717) is 10.6 Å². The molecule has 0 fully saturated rings. The molecule has 2 amide bonds. The lowest BCUT2D eigenvalue weighted by Crippen LogP contribution is -2.32. The second kappa shape index (κ2) is 8.23. The summed E-state index contributed by atoms with van der Waals surface area (Å²) in [5.74, 6) is -1.55. The number of aromatic nitrogens is 1. The fraction of sp³-hybridized carbons (Fsp3) is 0.0952. The van der Waals surface area contributed by atoms with E-state index in [1.807, 2.05) is 0 Å². The molecule has 2 aromatic heterocycles. The fourth-order valence-corrected chi connectivity index (χ4v) is 3.82. The smallest absolute Gasteiger partial charge is 0.406 e. The molecule has 6 nitrogen and oxygen atoms in total. The number of anilines is 1. The summed E-state index contributed by atoms with van der Waals surface area (Å²) < 4.78 is 41.5. The first-order valence-electron chi connectivity index (χ1n) is 8.99. The Morgan fingerprint density at radius 3 is 2.55 bits per heavy atom. The Hall–Kier alpha value is -3.66. The largest absolute Gasteiger partial charge is 0.573 e. The first-order chi connectivity index (χ1) is 14.8. The quantitative estimate of drug-likeness (QED) is 0.569. The Balaban J connectivity index is 1.67. The Bertz CT molecular complexity index is 1150. The van der Waals surface area contributed by atoms with Crippen LogP contribution in [0.2, 0.25) is 0 Å². The molecule has 1 aliphatic heterocycles. The number of pyridine rings is 1. The summed E-state index contributed by atoms with van der Waals surface area (Å²) in [5.41, 5.74) is 0.828. The van der Waals surface area contributed by atoms with Crippen molar-refractivity contribution in [3.63, 3.8) is 0 Å². The van der Waals surface area contributed by atoms with Crippen LogP contribution in [-0.4, -0.2) is 28.1 Å². The molecular weight excluding hydrogens is 431 g/mol. The van der Waals surface area contributed by atoms with Gasteiger partial charge in [0.2, 0.25) is 0 Å². The second-order valence-corrected chi connectivity index (χ2v) is 7.39. The van der Waals surface area contributed by atoms with Gasteiger partial charge in [0.05, 0.1) is 17.8 Å². The number of alkyl halides is 3. The number of hydrogen-bond donors (Lipinski definition) is 1. The number of nitrogens with zero attached hydrogens (tertiary/aromatic N) is 2. The SMILES string of the molecule is O=C1C(Nc2cccc(OC(F)(F)F)c2)=C(c2cccs2)C(=O)N1Cc1ccccn1. The van der Waals surface area contributed by atoms with Crippen molar-refractivity contribution in [2.45, 2.75) is 12.9 Å². The van der Waals surface area contributed by atoms with E-state index in [9.17, 15) is 22.8 Å². The Morgan fingerprint density at radius 1 is 1.03 bits per heavy atom. The van der Waals surface area contributed by atoms with E-state index >= 15 is 0 Å². The third kappa shape index (κ3) is 4.58. The van der Waals surface area contributed by atoms with Gasteiger partial charge in [-0.25, -0.2) is 0 Å². The molecule has 0 saturated heterocycles. The van der Waals surface area contributed by atoms with Crippen LogP contribution in [0.15, 0.2) is 71.9 Å². The van der Waals surface area contributed by atoms with Crippen LogP contribution in [0.5, 0.6) is 5.75 Å². The van der Waals surface area contributed by atoms with Crippen LogP contribution in [0.4, 0.5) is 18.9 Å². The van der Waals surface area contributed by atoms with Gasteiger partial charge in [-0.1, -0.05) is 18.2 Å². The number of amides is 2. The third-order valence-corrected chi connectivity index (χ3v) is 5.21. The minimum atomic E-state index is -4.85. The lowest BCUT2D eigenvalue weighted by atomic mass is 10.2. The molecule has 0 aliphatic carbocycles. The summed E-state index contributed by atoms with van der Waals surface area (Å²) in [5, 5.41) is 4.57. The van der Waals surface area contributed by atoms with E-state index in [1.165, 1.54) is 23.5 Å². The highest BCUT2D eigenvalue weighted by Crippen LogP contribution is 2.34. The molecule has 0 spiro atoms. The van der Waals surface area contributed by atoms with Crippen molar-refractivity contribution in [2.24, 2.45) is 0 Å². The van der Waals surface area contributed by atoms with Crippen LogP contribution in [0.1, 0.15) is 10.6 Å². The van der Waals surface area contributed by atoms with Crippen LogP contribution in [0, 0.1) is 0 Å². The summed E-state index contributed by atoms with van der Waals surface area (Å²) in [6.07, 6.45) is -3.29. The summed E-state index contributed by atoms with van der Waals surface area (Å²) in [4.78, 5) is 31.9. The third-order valence-electron chi connectivity index (χ3n) is 4.32. The van der Waals surface area contributed by atoms with E-state index in [-0.39, 0.29) is 23.5 Å². The normalized spacial score (nSPS) is 14.4. The zero-order valence-corrected chi connectivity index (χ0v) is 16.5. The van der Waals surface area contributed by atoms with Crippen LogP contribution in [0.3, 0.4) is 0 Å². The predicted molar refractivity (Wildman–Crippen MR) is 108 cm³/mol. The highest BCUT2D eigenvalue weighted by molar-refractivity contribution is 7.11. The predicted octanol–water partition coefficient (Wildman–Crippen LogP) is 4.43. The minimum Gasteiger partial charge on any atom is -0.406 e. The number of nitrogens with one attached hydrogen (secondary N) is 1. The molecule has 0 saturated carbocycles. The van der Waals surface area contributed by atoms with Gasteiger partial charge >= 0.3 is 6.36 Å². The molecule has 158 valence electrons. The number of carbonyl (C=O) groups excluding carboxylic acids is 2. The number of carbonyl (C=O) groups is 2. The van der Waals surface area contributed by atoms with Crippen molar-refractivity contribution in [2.75, 3.05) is 5.32 Å². The number of rotatable bonds is 6. The lowest BCUT2D eigenvalue weighted by molar-refractivity contribution is -0.274. The monoisotopic (exact) mass is 445 g/mol. The molecule has 3 aromatic rings. The molecule has 1 aromatic carbocycles. The van der Waals surface area contributed by atoms with Gasteiger partial charge in [-0.3, -0.25) is 19.5 Å². The molecular formula is C21H14F3N3O3S. The number of benzene rings is 1. The molecule has 0 atom stereocenters. The number of thiophene rings is 1. The van der Waals surface area contributed by atoms with Gasteiger partial charge in [-0.2, -0.15) is 0 Å². The van der Waals surface area contributed by atoms with Crippen molar-refractivity contribution in [3.8, 4) is 5.75 Å². The molecule has 3 heterocycles. The summed E-state index contributed by atoms with van der Waals surface area (Å²) in [6, 6.07) is 13.6. The van der Waals surface area contributed by atoms with Gasteiger partial charge < -0.3 is 10.1 Å². The summed E-state index contributed by atoms with van der Waals surface area (Å²) >= 11 is 1.27. The minimum absolute atomic E-state index is 0.0208. The van der Waals surface area contributed by atoms with Crippen LogP contribution >= 0.6 is 11.3 Å². The maximum Gasteiger partial charge on any atom is 0.573 e. The first-order valence-corrected chi connectivity index (χ1v) is 9.87. The molecule has 10 heteroatoms. The second-order valence-electron chi connectivity index (χ2n) is 6.45. The van der Waals surface area contributed by atoms with E-state index in [4.69, 9.17) is 0 Å². The molecule has 0 unspecified atom stereocenters. The number of imide groups is 1. The standard InChI is InChI=1S/C21H14F3N3O3S/c22-21(23,24)30-15-7-3-6-13(11-15)26-18-17(16-8-4-10-31-16)19(28)27(20(18)29)12-14-5-1-2-9-25-14/h1-11,26H,12H2. The molecule has 0 bridgehead atoms. The van der Waals surface area contributed by atoms with Crippen molar-refractivity contribution in [3.05, 3.63) is 82.4 Å². The highest BCUT2D eigenvalue weighted by atomic mass is 32.1. The number of ether oxygens (including phenoxy) is 1. The number of hydrogen-bond acceptors (Lipinski definition) is 6. The van der Waals surface area contributed by atoms with Crippen molar-refractivity contribution in [1.29, 1.82) is 0 Å². The van der Waals surface area contributed by atoms with E-state index < -0.39 is 23.9 Å². The average molecular weight is 445 g/mol. The zero-order chi connectivity index (χ0) is 22.0. The van der Waals surface area contributed by atoms with E-state index in [2.05, 4.69) is 15.0 Å². The highest BCUT2D eigenvalue weighted by Gasteiger charge is 2.40. The topological polar surface area (TPSA) is 71.5 Å².